The molecule has 1 fully saturated rings. The minimum atomic E-state index is -0.441. The topological polar surface area (TPSA) is 82.8 Å². The Kier molecular flexibility index (Phi) is 4.46. The quantitative estimate of drug-likeness (QED) is 0.780. The zero-order chi connectivity index (χ0) is 14.6. The van der Waals surface area contributed by atoms with Crippen LogP contribution >= 0.6 is 0 Å². The lowest BCUT2D eigenvalue weighted by Gasteiger charge is -2.26. The van der Waals surface area contributed by atoms with Crippen LogP contribution in [-0.4, -0.2) is 45.5 Å². The average molecular weight is 280 g/mol. The number of methoxy groups -OCH3 is 2. The third-order valence-corrected chi connectivity index (χ3v) is 3.60. The number of ether oxygens (including phenoxy) is 3. The molecule has 0 radical (unpaired) electrons. The summed E-state index contributed by atoms with van der Waals surface area (Å²) in [5.41, 5.74) is 6.19. The molecule has 1 aromatic rings. The van der Waals surface area contributed by atoms with Gasteiger partial charge in [-0.2, -0.15) is 0 Å². The van der Waals surface area contributed by atoms with Crippen LogP contribution in [0, 0.1) is 0 Å². The first-order valence-corrected chi connectivity index (χ1v) is 6.45. The van der Waals surface area contributed by atoms with Gasteiger partial charge in [-0.3, -0.25) is 4.79 Å². The SMILES string of the molecule is COc1cccc(C(=O)NCC2(OC)CCOC2)c1N. The summed E-state index contributed by atoms with van der Waals surface area (Å²) in [5.74, 6) is 0.244. The van der Waals surface area contributed by atoms with Crippen LogP contribution in [-0.2, 0) is 9.47 Å². The van der Waals surface area contributed by atoms with Crippen LogP contribution in [0.5, 0.6) is 5.75 Å². The van der Waals surface area contributed by atoms with Gasteiger partial charge in [-0.1, -0.05) is 6.07 Å². The molecule has 1 saturated heterocycles. The molecular weight excluding hydrogens is 260 g/mol. The molecule has 1 amide bonds. The second kappa shape index (κ2) is 6.11. The van der Waals surface area contributed by atoms with Crippen molar-refractivity contribution in [2.45, 2.75) is 12.0 Å². The largest absolute Gasteiger partial charge is 0.495 e. The lowest BCUT2D eigenvalue weighted by Crippen LogP contribution is -2.45. The van der Waals surface area contributed by atoms with E-state index in [0.717, 1.165) is 6.42 Å². The molecule has 6 nitrogen and oxygen atoms in total. The van der Waals surface area contributed by atoms with Crippen LogP contribution in [0.3, 0.4) is 0 Å². The molecule has 1 aliphatic rings. The maximum Gasteiger partial charge on any atom is 0.253 e. The number of nitrogen functional groups attached to an aromatic ring is 1. The van der Waals surface area contributed by atoms with Gasteiger partial charge in [-0.15, -0.1) is 0 Å². The van der Waals surface area contributed by atoms with Crippen molar-refractivity contribution in [2.24, 2.45) is 0 Å². The molecule has 1 aromatic carbocycles. The van der Waals surface area contributed by atoms with E-state index in [0.29, 0.717) is 36.8 Å². The number of rotatable bonds is 5. The number of benzene rings is 1. The zero-order valence-electron chi connectivity index (χ0n) is 11.8. The Bertz CT molecular complexity index is 484. The lowest BCUT2D eigenvalue weighted by molar-refractivity contribution is -0.0148. The molecule has 20 heavy (non-hydrogen) atoms. The summed E-state index contributed by atoms with van der Waals surface area (Å²) < 4.78 is 15.9. The lowest BCUT2D eigenvalue weighted by atomic mass is 10.0. The first-order chi connectivity index (χ1) is 9.62. The third-order valence-electron chi connectivity index (χ3n) is 3.60. The van der Waals surface area contributed by atoms with Crippen LogP contribution < -0.4 is 15.8 Å². The molecule has 0 bridgehead atoms. The number of nitrogens with one attached hydrogen (secondary N) is 1. The van der Waals surface area contributed by atoms with Gasteiger partial charge in [0.05, 0.1) is 25.0 Å². The standard InChI is InChI=1S/C14H20N2O4/c1-18-11-5-3-4-10(12(11)15)13(17)16-8-14(19-2)6-7-20-9-14/h3-5H,6-9,15H2,1-2H3,(H,16,17). The number of carbonyl (C=O) groups excluding carboxylic acids is 1. The molecule has 0 saturated carbocycles. The van der Waals surface area contributed by atoms with Gasteiger partial charge in [-0.05, 0) is 12.1 Å². The van der Waals surface area contributed by atoms with Crippen molar-refractivity contribution in [3.63, 3.8) is 0 Å². The summed E-state index contributed by atoms with van der Waals surface area (Å²) in [6.07, 6.45) is 0.761. The van der Waals surface area contributed by atoms with Gasteiger partial charge < -0.3 is 25.3 Å². The van der Waals surface area contributed by atoms with E-state index in [-0.39, 0.29) is 5.91 Å². The zero-order valence-corrected chi connectivity index (χ0v) is 11.8. The molecular formula is C14H20N2O4. The molecule has 0 aromatic heterocycles. The normalized spacial score (nSPS) is 21.7. The summed E-state index contributed by atoms with van der Waals surface area (Å²) in [6, 6.07) is 5.11. The Balaban J connectivity index is 2.05. The van der Waals surface area contributed by atoms with Gasteiger partial charge in [0.1, 0.15) is 11.4 Å². The fourth-order valence-corrected chi connectivity index (χ4v) is 2.22. The molecule has 3 N–H and O–H groups in total. The predicted molar refractivity (Wildman–Crippen MR) is 74.9 cm³/mol. The highest BCUT2D eigenvalue weighted by Gasteiger charge is 2.35. The number of carbonyl (C=O) groups is 1. The fourth-order valence-electron chi connectivity index (χ4n) is 2.22. The van der Waals surface area contributed by atoms with Crippen molar-refractivity contribution in [1.82, 2.24) is 5.32 Å². The van der Waals surface area contributed by atoms with Gasteiger partial charge in [0.15, 0.2) is 0 Å². The Morgan fingerprint density at radius 1 is 1.50 bits per heavy atom. The average Bonchev–Trinajstić information content (AvgIpc) is 2.94. The second-order valence-electron chi connectivity index (χ2n) is 4.79. The van der Waals surface area contributed by atoms with Crippen molar-refractivity contribution in [1.29, 1.82) is 0 Å². The van der Waals surface area contributed by atoms with E-state index in [2.05, 4.69) is 5.32 Å². The van der Waals surface area contributed by atoms with Crippen molar-refractivity contribution in [2.75, 3.05) is 39.7 Å². The van der Waals surface area contributed by atoms with E-state index < -0.39 is 5.60 Å². The van der Waals surface area contributed by atoms with Crippen molar-refractivity contribution in [3.05, 3.63) is 23.8 Å². The van der Waals surface area contributed by atoms with Gasteiger partial charge in [0.25, 0.3) is 5.91 Å². The first-order valence-electron chi connectivity index (χ1n) is 6.45. The van der Waals surface area contributed by atoms with Gasteiger partial charge in [0, 0.05) is 26.7 Å². The van der Waals surface area contributed by atoms with E-state index in [1.807, 2.05) is 0 Å². The highest BCUT2D eigenvalue weighted by molar-refractivity contribution is 6.00. The summed E-state index contributed by atoms with van der Waals surface area (Å²) in [6.45, 7) is 1.52. The van der Waals surface area contributed by atoms with Crippen molar-refractivity contribution >= 4 is 11.6 Å². The fraction of sp³-hybridized carbons (Fsp3) is 0.500. The molecule has 1 aliphatic heterocycles. The van der Waals surface area contributed by atoms with E-state index in [9.17, 15) is 4.79 Å². The second-order valence-corrected chi connectivity index (χ2v) is 4.79. The smallest absolute Gasteiger partial charge is 0.253 e. The number of nitrogens with two attached hydrogens (primary N) is 1. The number of amides is 1. The highest BCUT2D eigenvalue weighted by atomic mass is 16.5. The molecule has 1 atom stereocenters. The maximum atomic E-state index is 12.2. The van der Waals surface area contributed by atoms with Gasteiger partial charge >= 0.3 is 0 Å². The van der Waals surface area contributed by atoms with E-state index >= 15 is 0 Å². The minimum Gasteiger partial charge on any atom is -0.495 e. The Morgan fingerprint density at radius 3 is 2.90 bits per heavy atom. The number of para-hydroxylation sites is 1. The Labute approximate surface area is 118 Å². The Hall–Kier alpha value is -1.79. The molecule has 2 rings (SSSR count). The molecule has 110 valence electrons. The molecule has 6 heteroatoms. The predicted octanol–water partition coefficient (Wildman–Crippen LogP) is 0.813. The van der Waals surface area contributed by atoms with E-state index in [1.54, 1.807) is 25.3 Å². The summed E-state index contributed by atoms with van der Waals surface area (Å²) in [7, 11) is 3.14. The number of hydrogen-bond donors (Lipinski definition) is 2. The molecule has 1 unspecified atom stereocenters. The van der Waals surface area contributed by atoms with Crippen LogP contribution in [0.15, 0.2) is 18.2 Å². The number of hydrogen-bond acceptors (Lipinski definition) is 5. The Morgan fingerprint density at radius 2 is 2.30 bits per heavy atom. The summed E-state index contributed by atoms with van der Waals surface area (Å²) >= 11 is 0. The summed E-state index contributed by atoms with van der Waals surface area (Å²) in [5, 5.41) is 2.85. The summed E-state index contributed by atoms with van der Waals surface area (Å²) in [4.78, 5) is 12.2. The maximum absolute atomic E-state index is 12.2. The van der Waals surface area contributed by atoms with Crippen molar-refractivity contribution in [3.8, 4) is 5.75 Å². The van der Waals surface area contributed by atoms with E-state index in [4.69, 9.17) is 19.9 Å². The molecule has 0 spiro atoms. The van der Waals surface area contributed by atoms with Crippen LogP contribution in [0.4, 0.5) is 5.69 Å². The molecule has 0 aliphatic carbocycles. The van der Waals surface area contributed by atoms with Crippen LogP contribution in [0.1, 0.15) is 16.8 Å². The first kappa shape index (κ1) is 14.6. The van der Waals surface area contributed by atoms with Gasteiger partial charge in [0.2, 0.25) is 0 Å². The highest BCUT2D eigenvalue weighted by Crippen LogP contribution is 2.25. The third kappa shape index (κ3) is 2.86. The number of anilines is 1. The van der Waals surface area contributed by atoms with Crippen molar-refractivity contribution < 1.29 is 19.0 Å². The minimum absolute atomic E-state index is 0.246. The van der Waals surface area contributed by atoms with Crippen LogP contribution in [0.25, 0.3) is 0 Å². The van der Waals surface area contributed by atoms with Crippen LogP contribution in [0.2, 0.25) is 0 Å². The molecule has 1 heterocycles. The monoisotopic (exact) mass is 280 g/mol. The van der Waals surface area contributed by atoms with E-state index in [1.165, 1.54) is 7.11 Å². The van der Waals surface area contributed by atoms with Gasteiger partial charge in [-0.25, -0.2) is 0 Å².